The lowest BCUT2D eigenvalue weighted by Gasteiger charge is -2.23. The van der Waals surface area contributed by atoms with Gasteiger partial charge in [-0.2, -0.15) is 0 Å². The van der Waals surface area contributed by atoms with Gasteiger partial charge in [0, 0.05) is 19.1 Å². The van der Waals surface area contributed by atoms with Crippen molar-refractivity contribution in [2.24, 2.45) is 0 Å². The first kappa shape index (κ1) is 10.3. The van der Waals surface area contributed by atoms with Crippen molar-refractivity contribution in [3.63, 3.8) is 0 Å². The van der Waals surface area contributed by atoms with Gasteiger partial charge in [-0.15, -0.1) is 0 Å². The molecule has 1 rings (SSSR count). The van der Waals surface area contributed by atoms with Crippen LogP contribution in [0.1, 0.15) is 26.2 Å². The van der Waals surface area contributed by atoms with Crippen molar-refractivity contribution in [2.45, 2.75) is 32.2 Å². The standard InChI is InChI=1S/C9H19N3O/c1-2-5-11-9(13)12-8-4-3-6-10-7-8/h8,10H,2-7H2,1H3,(H2,11,12,13)/t8-/m1/s1. The number of hydrogen-bond donors (Lipinski definition) is 3. The minimum Gasteiger partial charge on any atom is -0.338 e. The molecule has 1 fully saturated rings. The van der Waals surface area contributed by atoms with Crippen molar-refractivity contribution in [3.05, 3.63) is 0 Å². The third kappa shape index (κ3) is 4.12. The van der Waals surface area contributed by atoms with Gasteiger partial charge < -0.3 is 16.0 Å². The van der Waals surface area contributed by atoms with E-state index in [1.54, 1.807) is 0 Å². The number of amides is 2. The van der Waals surface area contributed by atoms with Crippen LogP contribution in [0.4, 0.5) is 4.79 Å². The van der Waals surface area contributed by atoms with Gasteiger partial charge in [0.25, 0.3) is 0 Å². The average molecular weight is 185 g/mol. The highest BCUT2D eigenvalue weighted by molar-refractivity contribution is 5.74. The van der Waals surface area contributed by atoms with Gasteiger partial charge in [-0.25, -0.2) is 4.79 Å². The number of urea groups is 1. The smallest absolute Gasteiger partial charge is 0.315 e. The minimum atomic E-state index is -0.0319. The Labute approximate surface area is 79.5 Å². The Hall–Kier alpha value is -0.770. The highest BCUT2D eigenvalue weighted by Crippen LogP contribution is 2.00. The molecule has 0 unspecified atom stereocenters. The van der Waals surface area contributed by atoms with Crippen molar-refractivity contribution in [1.29, 1.82) is 0 Å². The molecule has 0 saturated carbocycles. The molecule has 0 spiro atoms. The number of nitrogens with one attached hydrogen (secondary N) is 3. The second-order valence-corrected chi connectivity index (χ2v) is 3.44. The third-order valence-corrected chi connectivity index (χ3v) is 2.17. The molecule has 0 aromatic rings. The van der Waals surface area contributed by atoms with E-state index in [4.69, 9.17) is 0 Å². The van der Waals surface area contributed by atoms with E-state index in [0.717, 1.165) is 38.9 Å². The summed E-state index contributed by atoms with van der Waals surface area (Å²) in [7, 11) is 0. The van der Waals surface area contributed by atoms with Gasteiger partial charge in [-0.05, 0) is 25.8 Å². The number of carbonyl (C=O) groups is 1. The maximum atomic E-state index is 11.2. The predicted molar refractivity (Wildman–Crippen MR) is 52.7 cm³/mol. The van der Waals surface area contributed by atoms with Crippen LogP contribution in [0.3, 0.4) is 0 Å². The molecule has 1 saturated heterocycles. The van der Waals surface area contributed by atoms with Gasteiger partial charge >= 0.3 is 6.03 Å². The zero-order valence-corrected chi connectivity index (χ0v) is 8.23. The molecule has 76 valence electrons. The van der Waals surface area contributed by atoms with Crippen LogP contribution in [0, 0.1) is 0 Å². The molecule has 0 aromatic heterocycles. The maximum Gasteiger partial charge on any atom is 0.315 e. The zero-order chi connectivity index (χ0) is 9.52. The van der Waals surface area contributed by atoms with Gasteiger partial charge in [0.15, 0.2) is 0 Å². The first-order valence-corrected chi connectivity index (χ1v) is 5.08. The van der Waals surface area contributed by atoms with Crippen molar-refractivity contribution in [3.8, 4) is 0 Å². The highest BCUT2D eigenvalue weighted by atomic mass is 16.2. The molecule has 4 heteroatoms. The van der Waals surface area contributed by atoms with E-state index in [2.05, 4.69) is 16.0 Å². The lowest BCUT2D eigenvalue weighted by atomic mass is 10.1. The third-order valence-electron chi connectivity index (χ3n) is 2.17. The largest absolute Gasteiger partial charge is 0.338 e. The Kier molecular flexibility index (Phi) is 4.60. The number of rotatable bonds is 3. The zero-order valence-electron chi connectivity index (χ0n) is 8.23. The SMILES string of the molecule is CCCNC(=O)N[C@@H]1CCCNC1. The van der Waals surface area contributed by atoms with Crippen LogP contribution in [0.2, 0.25) is 0 Å². The van der Waals surface area contributed by atoms with Crippen LogP contribution in [0.15, 0.2) is 0 Å². The van der Waals surface area contributed by atoms with Crippen molar-refractivity contribution in [1.82, 2.24) is 16.0 Å². The topological polar surface area (TPSA) is 53.2 Å². The summed E-state index contributed by atoms with van der Waals surface area (Å²) in [6, 6.07) is 0.279. The van der Waals surface area contributed by atoms with Gasteiger partial charge in [0.1, 0.15) is 0 Å². The van der Waals surface area contributed by atoms with Gasteiger partial charge in [0.05, 0.1) is 0 Å². The maximum absolute atomic E-state index is 11.2. The van der Waals surface area contributed by atoms with E-state index < -0.39 is 0 Å². The summed E-state index contributed by atoms with van der Waals surface area (Å²) in [5.74, 6) is 0. The molecule has 4 nitrogen and oxygen atoms in total. The second kappa shape index (κ2) is 5.80. The second-order valence-electron chi connectivity index (χ2n) is 3.44. The molecular weight excluding hydrogens is 166 g/mol. The summed E-state index contributed by atoms with van der Waals surface area (Å²) < 4.78 is 0. The van der Waals surface area contributed by atoms with Crippen LogP contribution in [0.5, 0.6) is 0 Å². The Balaban J connectivity index is 2.11. The molecule has 3 N–H and O–H groups in total. The van der Waals surface area contributed by atoms with Gasteiger partial charge in [-0.3, -0.25) is 0 Å². The normalized spacial score (nSPS) is 22.4. The summed E-state index contributed by atoms with van der Waals surface area (Å²) in [4.78, 5) is 11.2. The number of hydrogen-bond acceptors (Lipinski definition) is 2. The minimum absolute atomic E-state index is 0.0319. The van der Waals surface area contributed by atoms with E-state index in [0.29, 0.717) is 6.04 Å². The Bertz CT molecular complexity index is 155. The first-order chi connectivity index (χ1) is 6.33. The van der Waals surface area contributed by atoms with Gasteiger partial charge in [-0.1, -0.05) is 6.92 Å². The van der Waals surface area contributed by atoms with Gasteiger partial charge in [0.2, 0.25) is 0 Å². The summed E-state index contributed by atoms with van der Waals surface area (Å²) >= 11 is 0. The quantitative estimate of drug-likeness (QED) is 0.598. The lowest BCUT2D eigenvalue weighted by molar-refractivity contribution is 0.234. The molecule has 1 atom stereocenters. The van der Waals surface area contributed by atoms with Crippen LogP contribution in [-0.2, 0) is 0 Å². The predicted octanol–water partition coefficient (Wildman–Crippen LogP) is 0.448. The summed E-state index contributed by atoms with van der Waals surface area (Å²) in [6.07, 6.45) is 3.22. The fourth-order valence-electron chi connectivity index (χ4n) is 1.45. The van der Waals surface area contributed by atoms with Crippen LogP contribution in [-0.4, -0.2) is 31.7 Å². The molecule has 1 aliphatic heterocycles. The number of carbonyl (C=O) groups excluding carboxylic acids is 1. The molecule has 0 aliphatic carbocycles. The molecule has 0 bridgehead atoms. The van der Waals surface area contributed by atoms with E-state index in [1.165, 1.54) is 0 Å². The summed E-state index contributed by atoms with van der Waals surface area (Å²) in [6.45, 7) is 4.78. The molecule has 0 aromatic carbocycles. The molecule has 0 radical (unpaired) electrons. The monoisotopic (exact) mass is 185 g/mol. The molecular formula is C9H19N3O. The van der Waals surface area contributed by atoms with Crippen LogP contribution in [0.25, 0.3) is 0 Å². The van der Waals surface area contributed by atoms with Crippen molar-refractivity contribution in [2.75, 3.05) is 19.6 Å². The van der Waals surface area contributed by atoms with Crippen molar-refractivity contribution < 1.29 is 4.79 Å². The van der Waals surface area contributed by atoms with Crippen molar-refractivity contribution >= 4 is 6.03 Å². The molecule has 2 amide bonds. The lowest BCUT2D eigenvalue weighted by Crippen LogP contribution is -2.49. The van der Waals surface area contributed by atoms with E-state index >= 15 is 0 Å². The Morgan fingerprint density at radius 1 is 1.62 bits per heavy atom. The van der Waals surface area contributed by atoms with E-state index in [1.807, 2.05) is 6.92 Å². The highest BCUT2D eigenvalue weighted by Gasteiger charge is 2.14. The Morgan fingerprint density at radius 3 is 3.08 bits per heavy atom. The molecule has 1 heterocycles. The fraction of sp³-hybridized carbons (Fsp3) is 0.889. The molecule has 1 aliphatic rings. The Morgan fingerprint density at radius 2 is 2.46 bits per heavy atom. The number of piperidine rings is 1. The van der Waals surface area contributed by atoms with Crippen LogP contribution >= 0.6 is 0 Å². The van der Waals surface area contributed by atoms with E-state index in [-0.39, 0.29) is 6.03 Å². The summed E-state index contributed by atoms with van der Waals surface area (Å²) in [5, 5.41) is 9.00. The summed E-state index contributed by atoms with van der Waals surface area (Å²) in [5.41, 5.74) is 0. The van der Waals surface area contributed by atoms with Crippen LogP contribution < -0.4 is 16.0 Å². The fourth-order valence-corrected chi connectivity index (χ4v) is 1.45. The molecule has 13 heavy (non-hydrogen) atoms. The average Bonchev–Trinajstić information content (AvgIpc) is 2.16. The van der Waals surface area contributed by atoms with E-state index in [9.17, 15) is 4.79 Å². The first-order valence-electron chi connectivity index (χ1n) is 5.08.